The average molecular weight is 597 g/mol. The first-order valence-electron chi connectivity index (χ1n) is 15.2. The van der Waals surface area contributed by atoms with E-state index in [2.05, 4.69) is 69.3 Å². The van der Waals surface area contributed by atoms with Crippen molar-refractivity contribution >= 4 is 18.7 Å². The highest BCUT2D eigenvalue weighted by atomic mass is 28.4. The van der Waals surface area contributed by atoms with Gasteiger partial charge in [0.1, 0.15) is 12.2 Å². The molecule has 1 fully saturated rings. The van der Waals surface area contributed by atoms with Crippen LogP contribution in [0.15, 0.2) is 121 Å². The van der Waals surface area contributed by atoms with Gasteiger partial charge in [0.05, 0.1) is 25.4 Å². The molecule has 0 heterocycles. The summed E-state index contributed by atoms with van der Waals surface area (Å²) in [4.78, 5) is 0. The van der Waals surface area contributed by atoms with Gasteiger partial charge in [-0.25, -0.2) is 0 Å². The largest absolute Gasteiger partial charge is 0.407 e. The molecule has 2 N–H and O–H groups in total. The van der Waals surface area contributed by atoms with Crippen LogP contribution >= 0.6 is 0 Å². The third-order valence-electron chi connectivity index (χ3n) is 8.56. The molecule has 0 amide bonds. The van der Waals surface area contributed by atoms with Gasteiger partial charge in [0.25, 0.3) is 8.32 Å². The summed E-state index contributed by atoms with van der Waals surface area (Å²) in [5.41, 5.74) is 2.04. The summed E-state index contributed by atoms with van der Waals surface area (Å²) in [6, 6.07) is 41.0. The molecule has 43 heavy (non-hydrogen) atoms. The van der Waals surface area contributed by atoms with E-state index in [1.165, 1.54) is 10.4 Å². The summed E-state index contributed by atoms with van der Waals surface area (Å²) in [6.07, 6.45) is -2.89. The van der Waals surface area contributed by atoms with E-state index in [0.29, 0.717) is 26.2 Å². The van der Waals surface area contributed by atoms with Crippen LogP contribution in [-0.4, -0.2) is 49.6 Å². The lowest BCUT2D eigenvalue weighted by Crippen LogP contribution is -2.67. The molecule has 1 saturated carbocycles. The number of aliphatic hydroxyl groups excluding tert-OH is 2. The zero-order valence-corrected chi connectivity index (χ0v) is 26.4. The van der Waals surface area contributed by atoms with Crippen molar-refractivity contribution < 1.29 is 24.1 Å². The third kappa shape index (κ3) is 7.18. The normalized spacial score (nSPS) is 22.8. The van der Waals surface area contributed by atoms with Crippen LogP contribution in [0.25, 0.3) is 0 Å². The molecular formula is C37H44O5Si. The highest BCUT2D eigenvalue weighted by Crippen LogP contribution is 2.39. The number of benzene rings is 4. The van der Waals surface area contributed by atoms with Crippen LogP contribution in [0.4, 0.5) is 0 Å². The molecule has 0 bridgehead atoms. The lowest BCUT2D eigenvalue weighted by Gasteiger charge is -2.47. The first kappa shape index (κ1) is 31.3. The second-order valence-electron chi connectivity index (χ2n) is 12.6. The summed E-state index contributed by atoms with van der Waals surface area (Å²) in [6.45, 7) is 7.81. The van der Waals surface area contributed by atoms with Gasteiger partial charge >= 0.3 is 0 Å². The summed E-state index contributed by atoms with van der Waals surface area (Å²) in [7, 11) is -2.82. The number of hydrogen-bond donors (Lipinski definition) is 2. The van der Waals surface area contributed by atoms with Gasteiger partial charge in [0.2, 0.25) is 0 Å². The summed E-state index contributed by atoms with van der Waals surface area (Å²) in [5, 5.41) is 24.5. The highest BCUT2D eigenvalue weighted by Gasteiger charge is 2.52. The smallest absolute Gasteiger partial charge is 0.261 e. The first-order valence-corrected chi connectivity index (χ1v) is 17.1. The van der Waals surface area contributed by atoms with Crippen molar-refractivity contribution in [2.24, 2.45) is 5.92 Å². The molecule has 0 aromatic heterocycles. The predicted octanol–water partition coefficient (Wildman–Crippen LogP) is 5.48. The molecular weight excluding hydrogens is 552 g/mol. The second kappa shape index (κ2) is 14.1. The molecule has 5 rings (SSSR count). The fourth-order valence-electron chi connectivity index (χ4n) is 6.38. The van der Waals surface area contributed by atoms with E-state index in [4.69, 9.17) is 13.9 Å². The number of hydrogen-bond acceptors (Lipinski definition) is 5. The molecule has 5 nitrogen and oxygen atoms in total. The maximum absolute atomic E-state index is 11.2. The Morgan fingerprint density at radius 1 is 0.628 bits per heavy atom. The molecule has 6 heteroatoms. The Labute approximate surface area is 257 Å². The molecule has 0 unspecified atom stereocenters. The van der Waals surface area contributed by atoms with Gasteiger partial charge < -0.3 is 24.1 Å². The van der Waals surface area contributed by atoms with Crippen molar-refractivity contribution in [3.63, 3.8) is 0 Å². The Kier molecular flexibility index (Phi) is 10.3. The Morgan fingerprint density at radius 2 is 1.05 bits per heavy atom. The summed E-state index contributed by atoms with van der Waals surface area (Å²) >= 11 is 0. The standard InChI is InChI=1S/C37H44O5Si/c1-37(2,3)43(31-20-12-6-13-21-31,32-22-14-7-15-23-32)42-27-30-24-33(38)34(39)36(41-26-29-18-10-5-11-19-29)35(30)40-25-28-16-8-4-9-17-28/h4-23,30,33-36,38-39H,24-27H2,1-3H3/t30-,33+,34+,35-,36-/m1/s1. The molecule has 0 aliphatic heterocycles. The van der Waals surface area contributed by atoms with E-state index in [0.717, 1.165) is 11.1 Å². The minimum atomic E-state index is -2.82. The van der Waals surface area contributed by atoms with Crippen LogP contribution in [0.5, 0.6) is 0 Å². The topological polar surface area (TPSA) is 68.2 Å². The van der Waals surface area contributed by atoms with E-state index < -0.39 is 32.7 Å². The minimum Gasteiger partial charge on any atom is -0.407 e. The van der Waals surface area contributed by atoms with Crippen molar-refractivity contribution in [1.82, 2.24) is 0 Å². The maximum atomic E-state index is 11.2. The van der Waals surface area contributed by atoms with E-state index in [1.54, 1.807) is 0 Å². The van der Waals surface area contributed by atoms with Gasteiger partial charge in [0, 0.05) is 12.5 Å². The summed E-state index contributed by atoms with van der Waals surface area (Å²) in [5.74, 6) is -0.204. The van der Waals surface area contributed by atoms with Crippen LogP contribution in [-0.2, 0) is 27.1 Å². The molecule has 0 spiro atoms. The summed E-state index contributed by atoms with van der Waals surface area (Å²) < 4.78 is 20.3. The van der Waals surface area contributed by atoms with Crippen LogP contribution in [0.1, 0.15) is 38.3 Å². The molecule has 1 aliphatic carbocycles. The molecule has 226 valence electrons. The first-order chi connectivity index (χ1) is 20.8. The van der Waals surface area contributed by atoms with Gasteiger partial charge in [-0.15, -0.1) is 0 Å². The maximum Gasteiger partial charge on any atom is 0.261 e. The molecule has 4 aromatic rings. The molecule has 0 radical (unpaired) electrons. The van der Waals surface area contributed by atoms with Crippen molar-refractivity contribution in [2.45, 2.75) is 69.9 Å². The zero-order chi connectivity index (χ0) is 30.3. The minimum absolute atomic E-state index is 0.188. The number of rotatable bonds is 11. The second-order valence-corrected chi connectivity index (χ2v) is 16.9. The van der Waals surface area contributed by atoms with Crippen LogP contribution < -0.4 is 10.4 Å². The Bertz CT molecular complexity index is 1340. The van der Waals surface area contributed by atoms with Gasteiger partial charge in [0.15, 0.2) is 0 Å². The van der Waals surface area contributed by atoms with Crippen molar-refractivity contribution in [3.8, 4) is 0 Å². The lowest BCUT2D eigenvalue weighted by atomic mass is 9.81. The molecule has 1 aliphatic rings. The fraction of sp³-hybridized carbons (Fsp3) is 0.351. The molecule has 4 aromatic carbocycles. The Morgan fingerprint density at radius 3 is 1.49 bits per heavy atom. The average Bonchev–Trinajstić information content (AvgIpc) is 3.03. The lowest BCUT2D eigenvalue weighted by molar-refractivity contribution is -0.205. The SMILES string of the molecule is CC(C)(C)[Si](OC[C@H]1C[C@H](O)[C@H](O)[C@@H](OCc2ccccc2)[C@@H]1OCc1ccccc1)(c1ccccc1)c1ccccc1. The predicted molar refractivity (Wildman–Crippen MR) is 174 cm³/mol. The monoisotopic (exact) mass is 596 g/mol. The zero-order valence-electron chi connectivity index (χ0n) is 25.4. The Hall–Kier alpha value is -3.10. The van der Waals surface area contributed by atoms with Crippen LogP contribution in [0, 0.1) is 5.92 Å². The van der Waals surface area contributed by atoms with Crippen molar-refractivity contribution in [2.75, 3.05) is 6.61 Å². The van der Waals surface area contributed by atoms with Crippen molar-refractivity contribution in [1.29, 1.82) is 0 Å². The quantitative estimate of drug-likeness (QED) is 0.225. The molecule has 0 saturated heterocycles. The third-order valence-corrected chi connectivity index (χ3v) is 13.6. The van der Waals surface area contributed by atoms with Crippen LogP contribution in [0.2, 0.25) is 5.04 Å². The highest BCUT2D eigenvalue weighted by molar-refractivity contribution is 6.99. The van der Waals surface area contributed by atoms with Gasteiger partial charge in [-0.1, -0.05) is 142 Å². The number of aliphatic hydroxyl groups is 2. The van der Waals surface area contributed by atoms with E-state index >= 15 is 0 Å². The fourth-order valence-corrected chi connectivity index (χ4v) is 11.0. The van der Waals surface area contributed by atoms with Crippen LogP contribution in [0.3, 0.4) is 0 Å². The molecule has 5 atom stereocenters. The van der Waals surface area contributed by atoms with Gasteiger partial charge in [-0.05, 0) is 33.0 Å². The van der Waals surface area contributed by atoms with Gasteiger partial charge in [-0.2, -0.15) is 0 Å². The van der Waals surface area contributed by atoms with E-state index in [-0.39, 0.29) is 11.0 Å². The Balaban J connectivity index is 1.48. The van der Waals surface area contributed by atoms with E-state index in [9.17, 15) is 10.2 Å². The number of ether oxygens (including phenoxy) is 2. The van der Waals surface area contributed by atoms with E-state index in [1.807, 2.05) is 72.8 Å². The van der Waals surface area contributed by atoms with Gasteiger partial charge in [-0.3, -0.25) is 0 Å². The van der Waals surface area contributed by atoms with Crippen molar-refractivity contribution in [3.05, 3.63) is 132 Å².